The lowest BCUT2D eigenvalue weighted by Gasteiger charge is -2.17. The van der Waals surface area contributed by atoms with Crippen molar-refractivity contribution in [1.82, 2.24) is 34.3 Å². The van der Waals surface area contributed by atoms with Crippen molar-refractivity contribution in [3.63, 3.8) is 0 Å². The molecule has 0 fully saturated rings. The number of rotatable bonds is 11. The van der Waals surface area contributed by atoms with Gasteiger partial charge in [0.05, 0.1) is 19.3 Å². The van der Waals surface area contributed by atoms with E-state index in [1.54, 1.807) is 27.1 Å². The van der Waals surface area contributed by atoms with E-state index < -0.39 is 29.7 Å². The van der Waals surface area contributed by atoms with Gasteiger partial charge in [0.25, 0.3) is 5.56 Å². The summed E-state index contributed by atoms with van der Waals surface area (Å²) >= 11 is 0. The number of fused-ring (bicyclic) bond motifs is 1. The maximum absolute atomic E-state index is 13.3. The molecule has 3 N–H and O–H groups in total. The number of nitrogens with zero attached hydrogens (tertiary/aromatic N) is 6. The van der Waals surface area contributed by atoms with Gasteiger partial charge in [0.2, 0.25) is 11.8 Å². The largest absolute Gasteiger partial charge is 0.464 e. The maximum Gasteiger partial charge on any atom is 0.418 e. The number of likely N-dealkylation sites (N-methyl/N-ethyl adjacent to an activating group) is 1. The first-order valence-electron chi connectivity index (χ1n) is 13.5. The predicted octanol–water partition coefficient (Wildman–Crippen LogP) is 2.16. The first kappa shape index (κ1) is 32.4. The van der Waals surface area contributed by atoms with Crippen molar-refractivity contribution >= 4 is 40.9 Å². The van der Waals surface area contributed by atoms with Crippen LogP contribution >= 0.6 is 0 Å². The number of carbonyl (C=O) groups is 4. The van der Waals surface area contributed by atoms with Gasteiger partial charge in [-0.2, -0.15) is 0 Å². The van der Waals surface area contributed by atoms with Gasteiger partial charge in [-0.3, -0.25) is 14.4 Å². The number of aryl methyl sites for hydroxylation is 1. The van der Waals surface area contributed by atoms with Crippen molar-refractivity contribution < 1.29 is 29.0 Å². The number of pyridine rings is 1. The minimum atomic E-state index is -1.32. The summed E-state index contributed by atoms with van der Waals surface area (Å²) in [6.45, 7) is 5.44. The SMILES string of the molecule is COC(=O)NC(CC/C=C/C(=O)N(C)C)C(=O)Nc1cccn(Cc2nc3c(CC(C)C)nc(C)nc3n2C(=O)O)c1=O. The number of hydrogen-bond acceptors (Lipinski definition) is 9. The van der Waals surface area contributed by atoms with Gasteiger partial charge in [-0.15, -0.1) is 0 Å². The van der Waals surface area contributed by atoms with Gasteiger partial charge < -0.3 is 29.9 Å². The van der Waals surface area contributed by atoms with E-state index >= 15 is 0 Å². The Morgan fingerprint density at radius 2 is 1.88 bits per heavy atom. The Hall–Kier alpha value is -5.08. The highest BCUT2D eigenvalue weighted by atomic mass is 16.5. The quantitative estimate of drug-likeness (QED) is 0.276. The number of alkyl carbamates (subject to hydrolysis) is 1. The predicted molar refractivity (Wildman–Crippen MR) is 157 cm³/mol. The zero-order valence-corrected chi connectivity index (χ0v) is 24.9. The fourth-order valence-corrected chi connectivity index (χ4v) is 4.21. The molecule has 1 atom stereocenters. The maximum atomic E-state index is 13.3. The van der Waals surface area contributed by atoms with Crippen LogP contribution in [0.4, 0.5) is 15.3 Å². The number of carbonyl (C=O) groups excluding carboxylic acids is 3. The van der Waals surface area contributed by atoms with Crippen LogP contribution in [0.1, 0.15) is 44.0 Å². The number of aromatic nitrogens is 5. The second kappa shape index (κ2) is 14.2. The highest BCUT2D eigenvalue weighted by Crippen LogP contribution is 2.21. The van der Waals surface area contributed by atoms with Gasteiger partial charge in [0, 0.05) is 20.3 Å². The van der Waals surface area contributed by atoms with Crippen LogP contribution in [0.2, 0.25) is 0 Å². The number of anilines is 1. The summed E-state index contributed by atoms with van der Waals surface area (Å²) in [5, 5.41) is 14.9. The summed E-state index contributed by atoms with van der Waals surface area (Å²) in [4.78, 5) is 77.0. The fraction of sp³-hybridized carbons (Fsp3) is 0.429. The van der Waals surface area contributed by atoms with E-state index in [1.807, 2.05) is 13.8 Å². The Kier molecular flexibility index (Phi) is 10.7. The molecule has 15 nitrogen and oxygen atoms in total. The second-order valence-electron chi connectivity index (χ2n) is 10.4. The molecule has 3 amide bonds. The van der Waals surface area contributed by atoms with Gasteiger partial charge in [-0.25, -0.2) is 29.1 Å². The van der Waals surface area contributed by atoms with Crippen LogP contribution in [0.25, 0.3) is 11.2 Å². The zero-order chi connectivity index (χ0) is 31.8. The Balaban J connectivity index is 1.89. The average Bonchev–Trinajstić information content (AvgIpc) is 3.29. The number of nitrogens with one attached hydrogen (secondary N) is 2. The standard InChI is InChI=1S/C28H36N8O7/c1-16(2)14-20-23-24(30-17(3)29-20)36(28(41)42)21(33-23)15-35-13-9-11-19(26(35)39)31-25(38)18(32-27(40)43-6)10-7-8-12-22(37)34(4)5/h8-9,11-13,16,18H,7,10,14-15H2,1-6H3,(H,31,38)(H,32,40)(H,41,42)/b12-8+. The van der Waals surface area contributed by atoms with Crippen LogP contribution in [0.15, 0.2) is 35.3 Å². The van der Waals surface area contributed by atoms with Crippen molar-refractivity contribution in [1.29, 1.82) is 0 Å². The normalized spacial score (nSPS) is 12.0. The Labute approximate surface area is 247 Å². The number of carboxylic acid groups (broad SMARTS) is 1. The van der Waals surface area contributed by atoms with Gasteiger partial charge in [-0.1, -0.05) is 19.9 Å². The summed E-state index contributed by atoms with van der Waals surface area (Å²) in [6.07, 6.45) is 3.14. The van der Waals surface area contributed by atoms with Crippen molar-refractivity contribution in [3.8, 4) is 0 Å². The van der Waals surface area contributed by atoms with E-state index in [1.165, 1.54) is 33.9 Å². The Morgan fingerprint density at radius 3 is 2.51 bits per heavy atom. The molecule has 0 saturated heterocycles. The van der Waals surface area contributed by atoms with Gasteiger partial charge in [-0.05, 0) is 50.3 Å². The van der Waals surface area contributed by atoms with Crippen LogP contribution in [0.3, 0.4) is 0 Å². The Morgan fingerprint density at radius 1 is 1.16 bits per heavy atom. The van der Waals surface area contributed by atoms with Gasteiger partial charge >= 0.3 is 12.2 Å². The second-order valence-corrected chi connectivity index (χ2v) is 10.4. The summed E-state index contributed by atoms with van der Waals surface area (Å²) < 4.78 is 6.75. The molecule has 0 aliphatic heterocycles. The van der Waals surface area contributed by atoms with Crippen LogP contribution in [-0.4, -0.2) is 85.3 Å². The lowest BCUT2D eigenvalue weighted by atomic mass is 10.1. The Bertz CT molecular complexity index is 1610. The average molecular weight is 597 g/mol. The van der Waals surface area contributed by atoms with Crippen LogP contribution in [0.5, 0.6) is 0 Å². The highest BCUT2D eigenvalue weighted by Gasteiger charge is 2.24. The van der Waals surface area contributed by atoms with Crippen molar-refractivity contribution in [3.05, 3.63) is 58.2 Å². The molecule has 0 aliphatic carbocycles. The third kappa shape index (κ3) is 8.24. The van der Waals surface area contributed by atoms with E-state index in [0.717, 1.165) is 11.7 Å². The first-order valence-corrected chi connectivity index (χ1v) is 13.5. The lowest BCUT2D eigenvalue weighted by Crippen LogP contribution is -2.44. The lowest BCUT2D eigenvalue weighted by molar-refractivity contribution is -0.123. The molecule has 3 heterocycles. The summed E-state index contributed by atoms with van der Waals surface area (Å²) in [6, 6.07) is 1.81. The number of hydrogen-bond donors (Lipinski definition) is 3. The molecule has 0 aliphatic rings. The molecule has 1 unspecified atom stereocenters. The molecule has 0 radical (unpaired) electrons. The fourth-order valence-electron chi connectivity index (χ4n) is 4.21. The molecular weight excluding hydrogens is 560 g/mol. The monoisotopic (exact) mass is 596 g/mol. The van der Waals surface area contributed by atoms with Crippen LogP contribution in [0, 0.1) is 12.8 Å². The van der Waals surface area contributed by atoms with E-state index in [-0.39, 0.29) is 48.4 Å². The topological polar surface area (TPSA) is 191 Å². The van der Waals surface area contributed by atoms with Crippen LogP contribution < -0.4 is 16.2 Å². The molecule has 0 bridgehead atoms. The van der Waals surface area contributed by atoms with Gasteiger partial charge in [0.15, 0.2) is 5.65 Å². The van der Waals surface area contributed by atoms with Crippen molar-refractivity contribution in [2.45, 2.75) is 52.6 Å². The molecule has 3 aromatic heterocycles. The molecule has 3 aromatic rings. The molecule has 0 aromatic carbocycles. The molecule has 230 valence electrons. The summed E-state index contributed by atoms with van der Waals surface area (Å²) in [5.74, 6) is -0.250. The number of allylic oxidation sites excluding steroid dienone is 1. The molecule has 15 heteroatoms. The van der Waals surface area contributed by atoms with Crippen molar-refractivity contribution in [2.24, 2.45) is 5.92 Å². The molecule has 43 heavy (non-hydrogen) atoms. The smallest absolute Gasteiger partial charge is 0.418 e. The summed E-state index contributed by atoms with van der Waals surface area (Å²) in [5.41, 5.74) is 0.347. The summed E-state index contributed by atoms with van der Waals surface area (Å²) in [7, 11) is 4.36. The van der Waals surface area contributed by atoms with E-state index in [0.29, 0.717) is 23.5 Å². The van der Waals surface area contributed by atoms with E-state index in [2.05, 4.69) is 30.3 Å². The van der Waals surface area contributed by atoms with E-state index in [4.69, 9.17) is 0 Å². The first-order chi connectivity index (χ1) is 20.3. The zero-order valence-electron chi connectivity index (χ0n) is 24.9. The molecule has 3 rings (SSSR count). The van der Waals surface area contributed by atoms with E-state index in [9.17, 15) is 29.1 Å². The number of methoxy groups -OCH3 is 1. The number of amides is 3. The number of imidazole rings is 1. The van der Waals surface area contributed by atoms with Crippen molar-refractivity contribution in [2.75, 3.05) is 26.5 Å². The molecule has 0 saturated carbocycles. The minimum Gasteiger partial charge on any atom is -0.464 e. The third-order valence-corrected chi connectivity index (χ3v) is 6.26. The van der Waals surface area contributed by atoms with Gasteiger partial charge in [0.1, 0.15) is 28.9 Å². The minimum absolute atomic E-state index is 0.0438. The third-order valence-electron chi connectivity index (χ3n) is 6.26. The van der Waals surface area contributed by atoms with Crippen LogP contribution in [-0.2, 0) is 27.3 Å². The molecule has 0 spiro atoms. The molecular formula is C28H36N8O7. The number of ether oxygens (including phenoxy) is 1. The highest BCUT2D eigenvalue weighted by molar-refractivity contribution is 5.96.